The van der Waals surface area contributed by atoms with Crippen LogP contribution in [0.25, 0.3) is 0 Å². The highest BCUT2D eigenvalue weighted by Gasteiger charge is 2.21. The van der Waals surface area contributed by atoms with E-state index in [0.29, 0.717) is 6.42 Å². The minimum absolute atomic E-state index is 0.0196. The van der Waals surface area contributed by atoms with Crippen molar-refractivity contribution >= 4 is 21.6 Å². The number of halogens is 1. The van der Waals surface area contributed by atoms with E-state index in [1.807, 2.05) is 0 Å². The molecule has 0 unspecified atom stereocenters. The average molecular weight is 342 g/mol. The van der Waals surface area contributed by atoms with Crippen LogP contribution in [-0.4, -0.2) is 33.2 Å². The number of nitrogens with one attached hydrogen (secondary N) is 1. The van der Waals surface area contributed by atoms with E-state index in [1.165, 1.54) is 18.2 Å². The average Bonchev–Trinajstić information content (AvgIpc) is 2.96. The summed E-state index contributed by atoms with van der Waals surface area (Å²) in [6, 6.07) is 5.99. The lowest BCUT2D eigenvalue weighted by Gasteiger charge is -2.22. The number of sulfonamides is 1. The first kappa shape index (κ1) is 17.7. The summed E-state index contributed by atoms with van der Waals surface area (Å²) in [6.07, 6.45) is 5.92. The number of anilines is 1. The highest BCUT2D eigenvalue weighted by atomic mass is 32.2. The van der Waals surface area contributed by atoms with E-state index in [1.54, 1.807) is 6.07 Å². The van der Waals surface area contributed by atoms with Crippen molar-refractivity contribution < 1.29 is 17.6 Å². The van der Waals surface area contributed by atoms with E-state index < -0.39 is 15.8 Å². The molecule has 7 heteroatoms. The van der Waals surface area contributed by atoms with Crippen LogP contribution in [0.3, 0.4) is 0 Å². The van der Waals surface area contributed by atoms with Crippen LogP contribution in [0.5, 0.6) is 0 Å². The first-order chi connectivity index (χ1) is 10.9. The van der Waals surface area contributed by atoms with Crippen LogP contribution in [0.4, 0.5) is 10.1 Å². The lowest BCUT2D eigenvalue weighted by molar-refractivity contribution is -0.121. The van der Waals surface area contributed by atoms with Crippen molar-refractivity contribution in [2.75, 3.05) is 17.1 Å². The molecular weight excluding hydrogens is 319 g/mol. The van der Waals surface area contributed by atoms with Gasteiger partial charge in [0.25, 0.3) is 0 Å². The van der Waals surface area contributed by atoms with E-state index in [4.69, 9.17) is 0 Å². The van der Waals surface area contributed by atoms with Gasteiger partial charge in [0.05, 0.1) is 11.9 Å². The number of para-hydroxylation sites is 1. The minimum atomic E-state index is -3.60. The SMILES string of the molecule is CS(=O)(=O)N(CCCC(=O)NC1CCCC1)c1ccccc1F. The summed E-state index contributed by atoms with van der Waals surface area (Å²) in [6.45, 7) is 0.0812. The molecule has 1 N–H and O–H groups in total. The molecule has 0 radical (unpaired) electrons. The number of amides is 1. The van der Waals surface area contributed by atoms with Crippen molar-refractivity contribution in [3.8, 4) is 0 Å². The van der Waals surface area contributed by atoms with Crippen molar-refractivity contribution in [2.45, 2.75) is 44.6 Å². The molecule has 0 aromatic heterocycles. The molecule has 0 aliphatic heterocycles. The van der Waals surface area contributed by atoms with Crippen molar-refractivity contribution in [3.63, 3.8) is 0 Å². The lowest BCUT2D eigenvalue weighted by atomic mass is 10.2. The van der Waals surface area contributed by atoms with E-state index in [2.05, 4.69) is 5.32 Å². The smallest absolute Gasteiger partial charge is 0.232 e. The fourth-order valence-electron chi connectivity index (χ4n) is 2.87. The summed E-state index contributed by atoms with van der Waals surface area (Å²) in [5.74, 6) is -0.660. The summed E-state index contributed by atoms with van der Waals surface area (Å²) in [7, 11) is -3.60. The molecule has 1 aromatic carbocycles. The van der Waals surface area contributed by atoms with Gasteiger partial charge in [0.2, 0.25) is 15.9 Å². The number of benzene rings is 1. The number of rotatable bonds is 7. The molecule has 1 fully saturated rings. The molecule has 23 heavy (non-hydrogen) atoms. The maximum absolute atomic E-state index is 13.8. The van der Waals surface area contributed by atoms with Crippen molar-refractivity contribution in [3.05, 3.63) is 30.1 Å². The van der Waals surface area contributed by atoms with Gasteiger partial charge in [0, 0.05) is 19.0 Å². The number of hydrogen-bond acceptors (Lipinski definition) is 3. The maximum atomic E-state index is 13.8. The summed E-state index contributed by atoms with van der Waals surface area (Å²) >= 11 is 0. The summed E-state index contributed by atoms with van der Waals surface area (Å²) in [5.41, 5.74) is 0.0196. The van der Waals surface area contributed by atoms with Gasteiger partial charge in [-0.05, 0) is 31.4 Å². The third kappa shape index (κ3) is 5.20. The first-order valence-corrected chi connectivity index (χ1v) is 9.74. The highest BCUT2D eigenvalue weighted by Crippen LogP contribution is 2.22. The lowest BCUT2D eigenvalue weighted by Crippen LogP contribution is -2.35. The van der Waals surface area contributed by atoms with Crippen LogP contribution >= 0.6 is 0 Å². The highest BCUT2D eigenvalue weighted by molar-refractivity contribution is 7.92. The molecule has 0 heterocycles. The van der Waals surface area contributed by atoms with Crippen LogP contribution < -0.4 is 9.62 Å². The van der Waals surface area contributed by atoms with Gasteiger partial charge in [-0.1, -0.05) is 25.0 Å². The summed E-state index contributed by atoms with van der Waals surface area (Å²) in [5, 5.41) is 2.96. The van der Waals surface area contributed by atoms with Gasteiger partial charge in [-0.3, -0.25) is 9.10 Å². The summed E-state index contributed by atoms with van der Waals surface area (Å²) in [4.78, 5) is 11.9. The first-order valence-electron chi connectivity index (χ1n) is 7.89. The van der Waals surface area contributed by atoms with E-state index in [0.717, 1.165) is 36.2 Å². The Hall–Kier alpha value is -1.63. The van der Waals surface area contributed by atoms with Gasteiger partial charge in [-0.25, -0.2) is 12.8 Å². The molecule has 1 amide bonds. The van der Waals surface area contributed by atoms with Crippen LogP contribution in [0.2, 0.25) is 0 Å². The minimum Gasteiger partial charge on any atom is -0.353 e. The molecule has 5 nitrogen and oxygen atoms in total. The second-order valence-corrected chi connectivity index (χ2v) is 7.85. The maximum Gasteiger partial charge on any atom is 0.232 e. The Morgan fingerprint density at radius 3 is 2.57 bits per heavy atom. The Bertz CT molecular complexity index is 642. The monoisotopic (exact) mass is 342 g/mol. The van der Waals surface area contributed by atoms with Gasteiger partial charge in [-0.2, -0.15) is 0 Å². The Labute approximate surface area is 136 Å². The topological polar surface area (TPSA) is 66.5 Å². The molecular formula is C16H23FN2O3S. The van der Waals surface area contributed by atoms with Crippen LogP contribution in [0.15, 0.2) is 24.3 Å². The Morgan fingerprint density at radius 2 is 1.96 bits per heavy atom. The molecule has 0 saturated heterocycles. The van der Waals surface area contributed by atoms with Gasteiger partial charge >= 0.3 is 0 Å². The molecule has 0 spiro atoms. The Morgan fingerprint density at radius 1 is 1.30 bits per heavy atom. The molecule has 1 aliphatic rings. The normalized spacial score (nSPS) is 15.6. The zero-order chi connectivity index (χ0) is 16.9. The van der Waals surface area contributed by atoms with Crippen LogP contribution in [-0.2, 0) is 14.8 Å². The van der Waals surface area contributed by atoms with E-state index in [9.17, 15) is 17.6 Å². The van der Waals surface area contributed by atoms with Crippen LogP contribution in [0.1, 0.15) is 38.5 Å². The number of hydrogen-bond donors (Lipinski definition) is 1. The van der Waals surface area contributed by atoms with Crippen molar-refractivity contribution in [1.82, 2.24) is 5.32 Å². The molecule has 1 saturated carbocycles. The zero-order valence-corrected chi connectivity index (χ0v) is 14.1. The standard InChI is InChI=1S/C16H23FN2O3S/c1-23(21,22)19(15-10-5-4-9-14(15)17)12-6-11-16(20)18-13-7-2-3-8-13/h4-5,9-10,13H,2-3,6-8,11-12H2,1H3,(H,18,20). The zero-order valence-electron chi connectivity index (χ0n) is 13.3. The number of nitrogens with zero attached hydrogens (tertiary/aromatic N) is 1. The second kappa shape index (κ2) is 7.77. The molecule has 0 atom stereocenters. The fourth-order valence-corrected chi connectivity index (χ4v) is 3.84. The molecule has 1 aromatic rings. The Kier molecular flexibility index (Phi) is 5.98. The molecule has 0 bridgehead atoms. The Balaban J connectivity index is 1.92. The molecule has 2 rings (SSSR count). The van der Waals surface area contributed by atoms with E-state index >= 15 is 0 Å². The number of carbonyl (C=O) groups is 1. The largest absolute Gasteiger partial charge is 0.353 e. The second-order valence-electron chi connectivity index (χ2n) is 5.94. The van der Waals surface area contributed by atoms with E-state index in [-0.39, 0.29) is 30.6 Å². The van der Waals surface area contributed by atoms with Crippen molar-refractivity contribution in [1.29, 1.82) is 0 Å². The summed E-state index contributed by atoms with van der Waals surface area (Å²) < 4.78 is 38.7. The third-order valence-corrected chi connectivity index (χ3v) is 5.19. The van der Waals surface area contributed by atoms with Gasteiger partial charge in [0.1, 0.15) is 5.82 Å². The third-order valence-electron chi connectivity index (χ3n) is 4.01. The predicted octanol–water partition coefficient (Wildman–Crippen LogP) is 2.43. The quantitative estimate of drug-likeness (QED) is 0.827. The van der Waals surface area contributed by atoms with Crippen molar-refractivity contribution in [2.24, 2.45) is 0 Å². The van der Waals surface area contributed by atoms with Gasteiger partial charge in [0.15, 0.2) is 0 Å². The predicted molar refractivity (Wildman–Crippen MR) is 88.2 cm³/mol. The van der Waals surface area contributed by atoms with Gasteiger partial charge in [-0.15, -0.1) is 0 Å². The van der Waals surface area contributed by atoms with Gasteiger partial charge < -0.3 is 5.32 Å². The fraction of sp³-hybridized carbons (Fsp3) is 0.562. The molecule has 1 aliphatic carbocycles. The van der Waals surface area contributed by atoms with Crippen LogP contribution in [0, 0.1) is 5.82 Å². The molecule has 128 valence electrons. The number of carbonyl (C=O) groups excluding carboxylic acids is 1.